The van der Waals surface area contributed by atoms with E-state index < -0.39 is 59.9 Å². The topological polar surface area (TPSA) is 172 Å². The van der Waals surface area contributed by atoms with Crippen molar-refractivity contribution in [3.63, 3.8) is 0 Å². The fourth-order valence-corrected chi connectivity index (χ4v) is 10.1. The van der Waals surface area contributed by atoms with Crippen LogP contribution < -0.4 is 20.6 Å². The zero-order valence-corrected chi connectivity index (χ0v) is 56.6. The predicted molar refractivity (Wildman–Crippen MR) is 337 cm³/mol. The first-order valence-corrected chi connectivity index (χ1v) is 37.5. The molecule has 0 fully saturated rings. The summed E-state index contributed by atoms with van der Waals surface area (Å²) in [5.74, 6) is -2.83. The van der Waals surface area contributed by atoms with E-state index in [4.69, 9.17) is 79.5 Å². The summed E-state index contributed by atoms with van der Waals surface area (Å²) in [6.07, 6.45) is -0.913. The highest BCUT2D eigenvalue weighted by Gasteiger charge is 2.42. The first-order chi connectivity index (χ1) is 36.4. The number of phenolic OH excluding ortho intramolecular Hbond substituents is 1. The minimum atomic E-state index is -2.21. The number of phenols is 1. The van der Waals surface area contributed by atoms with Crippen molar-refractivity contribution in [3.05, 3.63) is 137 Å². The van der Waals surface area contributed by atoms with Gasteiger partial charge in [-0.3, -0.25) is 30.0 Å². The molecule has 0 unspecified atom stereocenters. The Balaban J connectivity index is 0.000000506. The maximum absolute atomic E-state index is 13.7. The van der Waals surface area contributed by atoms with Crippen LogP contribution in [-0.2, 0) is 26.9 Å². The van der Waals surface area contributed by atoms with Gasteiger partial charge in [0, 0.05) is 11.1 Å². The number of rotatable bonds is 16. The highest BCUT2D eigenvalue weighted by Crippen LogP contribution is 2.42. The number of aromatic hydroxyl groups is 1. The Morgan fingerprint density at radius 2 is 1.09 bits per heavy atom. The number of nitrogens with zero attached hydrogens (tertiary/aromatic N) is 2. The van der Waals surface area contributed by atoms with Crippen LogP contribution in [0.4, 0.5) is 11.4 Å². The molecule has 0 heterocycles. The van der Waals surface area contributed by atoms with Crippen LogP contribution in [0.25, 0.3) is 9.69 Å². The number of ketones is 1. The van der Waals surface area contributed by atoms with Gasteiger partial charge >= 0.3 is 0 Å². The van der Waals surface area contributed by atoms with Gasteiger partial charge in [-0.25, -0.2) is 9.69 Å². The molecule has 5 N–H and O–H groups in total. The molecule has 0 saturated carbocycles. The SMILES string of the molecule is CC(C)(C)[Si](C)(C)Cl.[C-]#[N+]c1ccc(C[C@@H](C(=O)NCC(=O)c2ccc(O[Si](C)(C)C(C)(C)C)c(Cl)c2)[C@H](C)O[Si](C)(C)C(C)(C)C)c(C)c1Cl.[C-]#[N+]c1ccc(C[C@@H](C(=O)NNC(=O)c2ccc(O)c(Cl)c2)[C@H](C)O)c(C)c1Cl. The molecule has 21 heteroatoms. The lowest BCUT2D eigenvalue weighted by molar-refractivity contribution is -0.129. The average molecular weight is 1250 g/mol. The number of halogens is 5. The molecule has 438 valence electrons. The Bertz CT molecular complexity index is 2940. The van der Waals surface area contributed by atoms with Crippen LogP contribution >= 0.6 is 57.5 Å². The number of Topliss-reactive ketones (excluding diaryl/α,β-unsaturated/α-hetero) is 1. The molecule has 4 rings (SSSR count). The minimum absolute atomic E-state index is 0.0000518. The summed E-state index contributed by atoms with van der Waals surface area (Å²) >= 11 is 31.1. The second-order valence-corrected chi connectivity index (χ2v) is 42.8. The Morgan fingerprint density at radius 1 is 0.637 bits per heavy atom. The van der Waals surface area contributed by atoms with Crippen LogP contribution in [0.2, 0.25) is 74.5 Å². The molecule has 0 aliphatic carbocycles. The van der Waals surface area contributed by atoms with E-state index in [1.54, 1.807) is 43.3 Å². The standard InChI is InChI=1S/C33H48Cl2N2O4Si2.C20H19Cl2N3O4.C6H15ClSi/c1-21-23(14-16-27(36-9)30(21)35)18-25(22(2)40-42(10,11)32(3,4)5)31(39)37-20-28(38)24-15-17-29(26(34)19-24)41-43(12,13)33(6,7)8;1-10-12(4-6-16(23-3)18(10)22)8-14(11(2)26)20(29)25-24-19(28)13-5-7-17(27)15(21)9-13;1-6(2,3)8(4,5)7/h14-17,19,22,25H,18,20H2,1-8,10-13H3,(H,37,39);4-7,9,11,14,26-27H,8H2,1-2H3,(H,24,28)(H,25,29);1-5H3/t22-,25+;11-,14+;/m00./s1. The van der Waals surface area contributed by atoms with E-state index in [1.165, 1.54) is 25.1 Å². The number of nitrogens with one attached hydrogen (secondary N) is 3. The van der Waals surface area contributed by atoms with Crippen LogP contribution in [0.5, 0.6) is 11.5 Å². The zero-order valence-electron chi connectivity index (χ0n) is 49.8. The lowest BCUT2D eigenvalue weighted by atomic mass is 9.91. The molecule has 80 heavy (non-hydrogen) atoms. The van der Waals surface area contributed by atoms with Crippen LogP contribution in [0, 0.1) is 38.8 Å². The van der Waals surface area contributed by atoms with Crippen molar-refractivity contribution in [2.75, 3.05) is 6.54 Å². The second kappa shape index (κ2) is 29.2. The number of amides is 3. The van der Waals surface area contributed by atoms with Gasteiger partial charge in [-0.2, -0.15) is 11.1 Å². The highest BCUT2D eigenvalue weighted by atomic mass is 35.6. The third-order valence-corrected chi connectivity index (χ3v) is 31.1. The molecule has 4 aromatic carbocycles. The number of hydrogen-bond acceptors (Lipinski definition) is 8. The molecule has 3 amide bonds. The lowest BCUT2D eigenvalue weighted by Gasteiger charge is -2.40. The molecule has 0 aliphatic rings. The molecule has 13 nitrogen and oxygen atoms in total. The van der Waals surface area contributed by atoms with Crippen molar-refractivity contribution in [3.8, 4) is 11.5 Å². The van der Waals surface area contributed by atoms with Crippen molar-refractivity contribution in [2.24, 2.45) is 11.8 Å². The first-order valence-electron chi connectivity index (χ1n) is 26.2. The van der Waals surface area contributed by atoms with Gasteiger partial charge in [0.2, 0.25) is 23.2 Å². The lowest BCUT2D eigenvalue weighted by Crippen LogP contribution is -2.48. The Kier molecular flexibility index (Phi) is 26.2. The van der Waals surface area contributed by atoms with Gasteiger partial charge in [-0.15, -0.1) is 0 Å². The quantitative estimate of drug-likeness (QED) is 0.0242. The summed E-state index contributed by atoms with van der Waals surface area (Å²) in [7, 11) is -5.70. The fraction of sp³-hybridized carbons (Fsp3) is 0.492. The Labute approximate surface area is 503 Å². The maximum Gasteiger partial charge on any atom is 0.269 e. The van der Waals surface area contributed by atoms with Crippen molar-refractivity contribution in [1.29, 1.82) is 0 Å². The number of carbonyl (C=O) groups is 4. The molecule has 0 radical (unpaired) electrons. The first kappa shape index (κ1) is 71.7. The third-order valence-electron chi connectivity index (χ3n) is 15.3. The summed E-state index contributed by atoms with van der Waals surface area (Å²) in [4.78, 5) is 58.4. The summed E-state index contributed by atoms with van der Waals surface area (Å²) in [5, 5.41) is 23.7. The van der Waals surface area contributed by atoms with Gasteiger partial charge in [0.1, 0.15) is 11.5 Å². The molecule has 0 aliphatic heterocycles. The normalized spacial score (nSPS) is 13.5. The van der Waals surface area contributed by atoms with E-state index in [1.807, 2.05) is 19.9 Å². The van der Waals surface area contributed by atoms with E-state index in [9.17, 15) is 29.4 Å². The number of benzene rings is 4. The molecule has 0 aromatic heterocycles. The van der Waals surface area contributed by atoms with Gasteiger partial charge in [0.05, 0.1) is 63.8 Å². The minimum Gasteiger partial charge on any atom is -0.543 e. The third kappa shape index (κ3) is 20.2. The van der Waals surface area contributed by atoms with Crippen molar-refractivity contribution < 1.29 is 38.2 Å². The fourth-order valence-electron chi connectivity index (χ4n) is 6.71. The van der Waals surface area contributed by atoms with Gasteiger partial charge < -0.3 is 24.4 Å². The highest BCUT2D eigenvalue weighted by molar-refractivity contribution is 7.20. The Morgan fingerprint density at radius 3 is 1.50 bits per heavy atom. The monoisotopic (exact) mass is 1250 g/mol. The number of aliphatic hydroxyl groups is 1. The van der Waals surface area contributed by atoms with E-state index >= 15 is 0 Å². The van der Waals surface area contributed by atoms with Crippen molar-refractivity contribution in [2.45, 2.75) is 169 Å². The molecule has 0 saturated heterocycles. The molecular formula is C59H82Cl5N5O8Si3. The smallest absolute Gasteiger partial charge is 0.269 e. The van der Waals surface area contributed by atoms with E-state index in [-0.39, 0.29) is 51.1 Å². The molecule has 0 bridgehead atoms. The summed E-state index contributed by atoms with van der Waals surface area (Å²) in [6, 6.07) is 15.7. The predicted octanol–water partition coefficient (Wildman–Crippen LogP) is 16.6. The van der Waals surface area contributed by atoms with Gasteiger partial charge in [0.15, 0.2) is 21.5 Å². The molecule has 0 spiro atoms. The van der Waals surface area contributed by atoms with E-state index in [0.29, 0.717) is 60.3 Å². The van der Waals surface area contributed by atoms with Crippen LogP contribution in [0.1, 0.15) is 119 Å². The van der Waals surface area contributed by atoms with Crippen LogP contribution in [0.3, 0.4) is 0 Å². The number of hydrogen-bond donors (Lipinski definition) is 5. The Hall–Kier alpha value is -4.44. The number of hydrazine groups is 1. The van der Waals surface area contributed by atoms with Gasteiger partial charge in [0.25, 0.3) is 14.2 Å². The van der Waals surface area contributed by atoms with Crippen LogP contribution in [0.15, 0.2) is 60.7 Å². The summed E-state index contributed by atoms with van der Waals surface area (Å²) in [6.45, 7) is 53.7. The number of aliphatic hydroxyl groups excluding tert-OH is 1. The van der Waals surface area contributed by atoms with Crippen molar-refractivity contribution >= 4 is 116 Å². The van der Waals surface area contributed by atoms with Gasteiger partial charge in [-0.05, 0) is 140 Å². The second-order valence-electron chi connectivity index (χ2n) is 24.5. The largest absolute Gasteiger partial charge is 0.543 e. The molecular weight excluding hydrogens is 1170 g/mol. The van der Waals surface area contributed by atoms with E-state index in [2.05, 4.69) is 127 Å². The zero-order chi connectivity index (χ0) is 61.8. The van der Waals surface area contributed by atoms with Crippen LogP contribution in [-0.4, -0.2) is 76.5 Å². The molecule has 4 aromatic rings. The maximum atomic E-state index is 13.7. The number of carbonyl (C=O) groups excluding carboxylic acids is 4. The van der Waals surface area contributed by atoms with Crippen molar-refractivity contribution in [1.82, 2.24) is 16.2 Å². The summed E-state index contributed by atoms with van der Waals surface area (Å²) < 4.78 is 13.0. The van der Waals surface area contributed by atoms with E-state index in [0.717, 1.165) is 11.1 Å². The summed E-state index contributed by atoms with van der Waals surface area (Å²) in [5.41, 5.74) is 8.75. The average Bonchev–Trinajstić information content (AvgIpc) is 3.33. The van der Waals surface area contributed by atoms with Gasteiger partial charge in [-0.1, -0.05) is 146 Å². The molecule has 4 atom stereocenters.